The maximum absolute atomic E-state index is 13.5. The maximum Gasteiger partial charge on any atom is 0.307 e. The van der Waals surface area contributed by atoms with Gasteiger partial charge in [-0.15, -0.1) is 0 Å². The lowest BCUT2D eigenvalue weighted by atomic mass is 10.1. The summed E-state index contributed by atoms with van der Waals surface area (Å²) in [5.74, 6) is -1.15. The minimum Gasteiger partial charge on any atom is -0.379 e. The van der Waals surface area contributed by atoms with E-state index in [-0.39, 0.29) is 11.7 Å². The molecule has 4 nitrogen and oxygen atoms in total. The lowest BCUT2D eigenvalue weighted by molar-refractivity contribution is -0.387. The first-order valence-corrected chi connectivity index (χ1v) is 6.54. The minimum atomic E-state index is -1.16. The second-order valence-corrected chi connectivity index (χ2v) is 5.73. The number of nitro benzene ring substituents is 1. The molecule has 0 bridgehead atoms. The van der Waals surface area contributed by atoms with Gasteiger partial charge in [0.05, 0.1) is 10.6 Å². The number of rotatable bonds is 3. The lowest BCUT2D eigenvalue weighted by Crippen LogP contribution is -2.20. The second kappa shape index (κ2) is 5.09. The average Bonchev–Trinajstić information content (AvgIpc) is 2.67. The summed E-state index contributed by atoms with van der Waals surface area (Å²) in [5.41, 5.74) is -0.722. The third-order valence-electron chi connectivity index (χ3n) is 2.79. The molecular formula is C11H12F2N2O2S. The molecule has 98 valence electrons. The predicted octanol–water partition coefficient (Wildman–Crippen LogP) is 3.18. The monoisotopic (exact) mass is 274 g/mol. The van der Waals surface area contributed by atoms with Gasteiger partial charge >= 0.3 is 5.69 Å². The van der Waals surface area contributed by atoms with Crippen LogP contribution in [0.1, 0.15) is 13.3 Å². The van der Waals surface area contributed by atoms with Crippen molar-refractivity contribution in [1.82, 2.24) is 0 Å². The van der Waals surface area contributed by atoms with E-state index in [1.807, 2.05) is 0 Å². The number of nitro groups is 1. The molecule has 1 aromatic rings. The molecule has 0 radical (unpaired) electrons. The lowest BCUT2D eigenvalue weighted by Gasteiger charge is -2.13. The van der Waals surface area contributed by atoms with Crippen molar-refractivity contribution in [1.29, 1.82) is 0 Å². The molecule has 1 aromatic carbocycles. The zero-order valence-electron chi connectivity index (χ0n) is 9.65. The molecule has 1 heterocycles. The van der Waals surface area contributed by atoms with Gasteiger partial charge in [-0.05, 0) is 6.42 Å². The first-order valence-electron chi connectivity index (χ1n) is 5.49. The molecule has 1 N–H and O–H groups in total. The SMILES string of the molecule is CC1CC(Nc2cc([N+](=O)[O-])c(F)cc2F)CS1. The Labute approximate surface area is 107 Å². The van der Waals surface area contributed by atoms with Crippen LogP contribution >= 0.6 is 11.8 Å². The predicted molar refractivity (Wildman–Crippen MR) is 67.0 cm³/mol. The van der Waals surface area contributed by atoms with E-state index >= 15 is 0 Å². The van der Waals surface area contributed by atoms with Gasteiger partial charge < -0.3 is 5.32 Å². The van der Waals surface area contributed by atoms with Crippen LogP contribution in [0.5, 0.6) is 0 Å². The Balaban J connectivity index is 2.22. The fourth-order valence-corrected chi connectivity index (χ4v) is 3.07. The Morgan fingerprint density at radius 2 is 2.17 bits per heavy atom. The molecule has 0 amide bonds. The van der Waals surface area contributed by atoms with E-state index in [4.69, 9.17) is 0 Å². The van der Waals surface area contributed by atoms with Crippen LogP contribution in [0, 0.1) is 21.7 Å². The fourth-order valence-electron chi connectivity index (χ4n) is 1.93. The summed E-state index contributed by atoms with van der Waals surface area (Å²) >= 11 is 1.75. The maximum atomic E-state index is 13.5. The van der Waals surface area contributed by atoms with Crippen LogP contribution in [-0.4, -0.2) is 22.0 Å². The van der Waals surface area contributed by atoms with Crippen LogP contribution in [0.2, 0.25) is 0 Å². The smallest absolute Gasteiger partial charge is 0.307 e. The van der Waals surface area contributed by atoms with Gasteiger partial charge in [-0.3, -0.25) is 10.1 Å². The first-order chi connectivity index (χ1) is 8.47. The molecule has 2 atom stereocenters. The molecular weight excluding hydrogens is 262 g/mol. The minimum absolute atomic E-state index is 0.0113. The van der Waals surface area contributed by atoms with Gasteiger partial charge in [-0.1, -0.05) is 6.92 Å². The number of hydrogen-bond donors (Lipinski definition) is 1. The van der Waals surface area contributed by atoms with Crippen molar-refractivity contribution in [3.05, 3.63) is 33.9 Å². The Morgan fingerprint density at radius 3 is 2.72 bits per heavy atom. The molecule has 1 aliphatic heterocycles. The summed E-state index contributed by atoms with van der Waals surface area (Å²) in [7, 11) is 0. The van der Waals surface area contributed by atoms with Crippen molar-refractivity contribution < 1.29 is 13.7 Å². The van der Waals surface area contributed by atoms with Crippen LogP contribution in [0.3, 0.4) is 0 Å². The second-order valence-electron chi connectivity index (χ2n) is 4.26. The molecule has 1 aliphatic rings. The number of anilines is 1. The Morgan fingerprint density at radius 1 is 1.44 bits per heavy atom. The van der Waals surface area contributed by atoms with Crippen molar-refractivity contribution >= 4 is 23.1 Å². The molecule has 0 saturated carbocycles. The molecule has 0 aromatic heterocycles. The number of benzene rings is 1. The quantitative estimate of drug-likeness (QED) is 0.679. The van der Waals surface area contributed by atoms with Crippen LogP contribution in [0.25, 0.3) is 0 Å². The highest BCUT2D eigenvalue weighted by molar-refractivity contribution is 8.00. The van der Waals surface area contributed by atoms with Crippen molar-refractivity contribution in [2.75, 3.05) is 11.1 Å². The summed E-state index contributed by atoms with van der Waals surface area (Å²) in [4.78, 5) is 9.73. The van der Waals surface area contributed by atoms with Crippen molar-refractivity contribution in [3.8, 4) is 0 Å². The average molecular weight is 274 g/mol. The van der Waals surface area contributed by atoms with Crippen LogP contribution in [0.15, 0.2) is 12.1 Å². The largest absolute Gasteiger partial charge is 0.379 e. The highest BCUT2D eigenvalue weighted by Crippen LogP contribution is 2.31. The summed E-state index contributed by atoms with van der Waals surface area (Å²) in [6, 6.07) is 1.52. The van der Waals surface area contributed by atoms with E-state index in [0.29, 0.717) is 11.3 Å². The summed E-state index contributed by atoms with van der Waals surface area (Å²) in [5, 5.41) is 14.0. The standard InChI is InChI=1S/C11H12F2N2O2S/c1-6-2-7(5-18-6)14-10-4-11(15(16)17)9(13)3-8(10)12/h3-4,6-7,14H,2,5H2,1H3. The van der Waals surface area contributed by atoms with Gasteiger partial charge in [0.15, 0.2) is 0 Å². The van der Waals surface area contributed by atoms with Gasteiger partial charge in [0.25, 0.3) is 0 Å². The van der Waals surface area contributed by atoms with Gasteiger partial charge in [0, 0.05) is 29.2 Å². The van der Waals surface area contributed by atoms with E-state index in [0.717, 1.165) is 18.2 Å². The highest BCUT2D eigenvalue weighted by atomic mass is 32.2. The number of nitrogens with one attached hydrogen (secondary N) is 1. The van der Waals surface area contributed by atoms with Gasteiger partial charge in [0.2, 0.25) is 5.82 Å². The highest BCUT2D eigenvalue weighted by Gasteiger charge is 2.24. The number of hydrogen-bond acceptors (Lipinski definition) is 4. The zero-order valence-corrected chi connectivity index (χ0v) is 10.5. The van der Waals surface area contributed by atoms with Gasteiger partial charge in [-0.2, -0.15) is 16.2 Å². The van der Waals surface area contributed by atoms with E-state index in [1.165, 1.54) is 0 Å². The van der Waals surface area contributed by atoms with Crippen molar-refractivity contribution in [3.63, 3.8) is 0 Å². The third-order valence-corrected chi connectivity index (χ3v) is 4.15. The van der Waals surface area contributed by atoms with Gasteiger partial charge in [0.1, 0.15) is 5.82 Å². The van der Waals surface area contributed by atoms with E-state index in [1.54, 1.807) is 11.8 Å². The Bertz CT molecular complexity index is 484. The van der Waals surface area contributed by atoms with Crippen molar-refractivity contribution in [2.45, 2.75) is 24.6 Å². The fraction of sp³-hybridized carbons (Fsp3) is 0.455. The molecule has 7 heteroatoms. The summed E-state index contributed by atoms with van der Waals surface area (Å²) < 4.78 is 26.7. The van der Waals surface area contributed by atoms with Crippen LogP contribution < -0.4 is 5.32 Å². The molecule has 0 spiro atoms. The molecule has 2 rings (SSSR count). The van der Waals surface area contributed by atoms with Crippen LogP contribution in [0.4, 0.5) is 20.2 Å². The Hall–Kier alpha value is -1.37. The van der Waals surface area contributed by atoms with E-state index in [9.17, 15) is 18.9 Å². The summed E-state index contributed by atoms with van der Waals surface area (Å²) in [6.07, 6.45) is 0.856. The molecule has 2 unspecified atom stereocenters. The summed E-state index contributed by atoms with van der Waals surface area (Å²) in [6.45, 7) is 2.07. The Kier molecular flexibility index (Phi) is 3.70. The molecule has 18 heavy (non-hydrogen) atoms. The van der Waals surface area contributed by atoms with Gasteiger partial charge in [-0.25, -0.2) is 4.39 Å². The topological polar surface area (TPSA) is 55.2 Å². The van der Waals surface area contributed by atoms with Crippen molar-refractivity contribution in [2.24, 2.45) is 0 Å². The molecule has 0 aliphatic carbocycles. The zero-order chi connectivity index (χ0) is 13.3. The van der Waals surface area contributed by atoms with E-state index < -0.39 is 22.2 Å². The third kappa shape index (κ3) is 2.72. The molecule has 1 saturated heterocycles. The molecule has 1 fully saturated rings. The first kappa shape index (κ1) is 13.1. The van der Waals surface area contributed by atoms with E-state index in [2.05, 4.69) is 12.2 Å². The number of thioether (sulfide) groups is 1. The number of halogens is 2. The normalized spacial score (nSPS) is 23.1. The number of nitrogens with zero attached hydrogens (tertiary/aromatic N) is 1. The van der Waals surface area contributed by atoms with Crippen LogP contribution in [-0.2, 0) is 0 Å².